The van der Waals surface area contributed by atoms with E-state index in [-0.39, 0.29) is 0 Å². The summed E-state index contributed by atoms with van der Waals surface area (Å²) in [4.78, 5) is 4.62. The molecule has 1 rings (SSSR count). The van der Waals surface area contributed by atoms with Crippen LogP contribution in [0.1, 0.15) is 52.9 Å². The second kappa shape index (κ2) is 6.45. The monoisotopic (exact) mass is 203 g/mol. The van der Waals surface area contributed by atoms with E-state index in [4.69, 9.17) is 0 Å². The van der Waals surface area contributed by atoms with E-state index in [1.165, 1.54) is 24.1 Å². The van der Waals surface area contributed by atoms with Gasteiger partial charge in [0.25, 0.3) is 0 Å². The Morgan fingerprint density at radius 3 is 2.73 bits per heavy atom. The van der Waals surface area contributed by atoms with Gasteiger partial charge in [-0.05, 0) is 26.7 Å². The molecule has 1 atom stereocenters. The summed E-state index contributed by atoms with van der Waals surface area (Å²) in [5.41, 5.74) is 2.62. The summed E-state index contributed by atoms with van der Waals surface area (Å²) >= 11 is 0. The van der Waals surface area contributed by atoms with Gasteiger partial charge >= 0.3 is 0 Å². The first-order valence-corrected chi connectivity index (χ1v) is 5.91. The van der Waals surface area contributed by atoms with Crippen molar-refractivity contribution in [1.82, 2.24) is 0 Å². The van der Waals surface area contributed by atoms with Gasteiger partial charge in [-0.1, -0.05) is 18.9 Å². The summed E-state index contributed by atoms with van der Waals surface area (Å²) < 4.78 is 0. The van der Waals surface area contributed by atoms with Crippen molar-refractivity contribution in [3.05, 3.63) is 11.3 Å². The van der Waals surface area contributed by atoms with E-state index in [1.54, 1.807) is 0 Å². The van der Waals surface area contributed by atoms with Gasteiger partial charge in [-0.25, -0.2) is 0 Å². The minimum Gasteiger partial charge on any atom is -0.265 e. The molecule has 0 aromatic heterocycles. The van der Waals surface area contributed by atoms with Crippen molar-refractivity contribution in [2.24, 2.45) is 10.9 Å². The van der Waals surface area contributed by atoms with Gasteiger partial charge in [0.1, 0.15) is 0 Å². The lowest BCUT2D eigenvalue weighted by atomic mass is 9.91. The lowest BCUT2D eigenvalue weighted by molar-refractivity contribution is 0.563. The molecular weight excluding hydrogens is 182 g/mol. The largest absolute Gasteiger partial charge is 0.265 e. The topological polar surface area (TPSA) is 12.4 Å². The molecular formula is C14H21N. The van der Waals surface area contributed by atoms with E-state index in [0.29, 0.717) is 5.92 Å². The predicted octanol–water partition coefficient (Wildman–Crippen LogP) is 3.95. The first kappa shape index (κ1) is 12.0. The molecule has 82 valence electrons. The first-order valence-electron chi connectivity index (χ1n) is 5.91. The Hall–Kier alpha value is -1.03. The van der Waals surface area contributed by atoms with Crippen LogP contribution in [0.3, 0.4) is 0 Å². The molecule has 0 heterocycles. The standard InChI is InChI=1S/C14H21N/c1-4-5-11-15-14(12(2)3)13-9-7-6-8-10-13/h11,13H,4-5,7,9-10H2,1-3H3/b15-11-. The smallest absolute Gasteiger partial charge is 0.0426 e. The molecule has 1 aliphatic carbocycles. The molecule has 0 aromatic carbocycles. The van der Waals surface area contributed by atoms with Crippen LogP contribution in [0.2, 0.25) is 0 Å². The third-order valence-electron chi connectivity index (χ3n) is 2.64. The zero-order chi connectivity index (χ0) is 11.1. The molecule has 0 spiro atoms. The highest BCUT2D eigenvalue weighted by atomic mass is 14.7. The normalized spacial score (nSPS) is 19.8. The lowest BCUT2D eigenvalue weighted by Gasteiger charge is -2.17. The first-order chi connectivity index (χ1) is 7.25. The zero-order valence-corrected chi connectivity index (χ0v) is 10.1. The summed E-state index contributed by atoms with van der Waals surface area (Å²) in [7, 11) is 0. The predicted molar refractivity (Wildman–Crippen MR) is 66.9 cm³/mol. The highest BCUT2D eigenvalue weighted by Crippen LogP contribution is 2.26. The summed E-state index contributed by atoms with van der Waals surface area (Å²) in [5.74, 6) is 6.93. The van der Waals surface area contributed by atoms with E-state index in [2.05, 4.69) is 43.8 Å². The maximum absolute atomic E-state index is 4.62. The van der Waals surface area contributed by atoms with Gasteiger partial charge in [0, 0.05) is 30.7 Å². The SMILES string of the molecule is CCC/C=N\C(=C(C)C)C1CC#CCC1. The maximum atomic E-state index is 4.62. The number of unbranched alkanes of at least 4 members (excludes halogenated alkanes) is 1. The molecule has 1 aliphatic rings. The van der Waals surface area contributed by atoms with Crippen LogP contribution in [0, 0.1) is 17.8 Å². The molecule has 0 aliphatic heterocycles. The minimum atomic E-state index is 0.573. The highest BCUT2D eigenvalue weighted by Gasteiger charge is 2.15. The van der Waals surface area contributed by atoms with Gasteiger partial charge in [0.15, 0.2) is 0 Å². The van der Waals surface area contributed by atoms with Crippen molar-refractivity contribution in [3.63, 3.8) is 0 Å². The molecule has 0 saturated carbocycles. The second-order valence-electron chi connectivity index (χ2n) is 4.28. The van der Waals surface area contributed by atoms with E-state index in [9.17, 15) is 0 Å². The molecule has 0 amide bonds. The third kappa shape index (κ3) is 3.91. The molecule has 0 radical (unpaired) electrons. The van der Waals surface area contributed by atoms with E-state index in [0.717, 1.165) is 19.3 Å². The van der Waals surface area contributed by atoms with Crippen molar-refractivity contribution in [2.45, 2.75) is 52.9 Å². The van der Waals surface area contributed by atoms with Gasteiger partial charge in [0.05, 0.1) is 0 Å². The van der Waals surface area contributed by atoms with Gasteiger partial charge in [-0.2, -0.15) is 0 Å². The number of rotatable bonds is 4. The van der Waals surface area contributed by atoms with E-state index < -0.39 is 0 Å². The Labute approximate surface area is 93.7 Å². The fraction of sp³-hybridized carbons (Fsp3) is 0.643. The van der Waals surface area contributed by atoms with E-state index >= 15 is 0 Å². The molecule has 1 nitrogen and oxygen atoms in total. The molecule has 0 fully saturated rings. The minimum absolute atomic E-state index is 0.573. The summed E-state index contributed by atoms with van der Waals surface area (Å²) in [6, 6.07) is 0. The summed E-state index contributed by atoms with van der Waals surface area (Å²) in [6.07, 6.45) is 7.51. The van der Waals surface area contributed by atoms with Crippen molar-refractivity contribution in [1.29, 1.82) is 0 Å². The Bertz CT molecular complexity index is 308. The zero-order valence-electron chi connectivity index (χ0n) is 10.1. The summed E-state index contributed by atoms with van der Waals surface area (Å²) in [6.45, 7) is 6.49. The average molecular weight is 203 g/mol. The van der Waals surface area contributed by atoms with Gasteiger partial charge in [-0.3, -0.25) is 4.99 Å². The van der Waals surface area contributed by atoms with Crippen LogP contribution >= 0.6 is 0 Å². The van der Waals surface area contributed by atoms with Crippen molar-refractivity contribution >= 4 is 6.21 Å². The van der Waals surface area contributed by atoms with Crippen LogP contribution in [0.25, 0.3) is 0 Å². The fourth-order valence-electron chi connectivity index (χ4n) is 1.80. The number of allylic oxidation sites excluding steroid dienone is 2. The maximum Gasteiger partial charge on any atom is 0.0426 e. The molecule has 15 heavy (non-hydrogen) atoms. The van der Waals surface area contributed by atoms with Crippen LogP contribution in [0.5, 0.6) is 0 Å². The number of aliphatic imine (C=N–C) groups is 1. The van der Waals surface area contributed by atoms with Gasteiger partial charge in [-0.15, -0.1) is 11.8 Å². The third-order valence-corrected chi connectivity index (χ3v) is 2.64. The van der Waals surface area contributed by atoms with Crippen LogP contribution < -0.4 is 0 Å². The molecule has 1 heteroatoms. The van der Waals surface area contributed by atoms with Crippen molar-refractivity contribution in [2.75, 3.05) is 0 Å². The van der Waals surface area contributed by atoms with Crippen LogP contribution in [-0.4, -0.2) is 6.21 Å². The molecule has 1 unspecified atom stereocenters. The molecule has 0 saturated heterocycles. The van der Waals surface area contributed by atoms with E-state index in [1.807, 2.05) is 0 Å². The van der Waals surface area contributed by atoms with Crippen LogP contribution in [0.15, 0.2) is 16.3 Å². The molecule has 0 bridgehead atoms. The molecule has 0 aromatic rings. The van der Waals surface area contributed by atoms with Gasteiger partial charge < -0.3 is 0 Å². The lowest BCUT2D eigenvalue weighted by Crippen LogP contribution is -2.06. The van der Waals surface area contributed by atoms with Gasteiger partial charge in [0.2, 0.25) is 0 Å². The highest BCUT2D eigenvalue weighted by molar-refractivity contribution is 5.59. The average Bonchev–Trinajstić information content (AvgIpc) is 2.25. The quantitative estimate of drug-likeness (QED) is 0.484. The summed E-state index contributed by atoms with van der Waals surface area (Å²) in [5, 5.41) is 0. The second-order valence-corrected chi connectivity index (χ2v) is 4.28. The van der Waals surface area contributed by atoms with Crippen molar-refractivity contribution in [3.8, 4) is 11.8 Å². The Kier molecular flexibility index (Phi) is 5.18. The van der Waals surface area contributed by atoms with Crippen molar-refractivity contribution < 1.29 is 0 Å². The number of hydrogen-bond donors (Lipinski definition) is 0. The number of hydrogen-bond acceptors (Lipinski definition) is 1. The Morgan fingerprint density at radius 1 is 1.40 bits per heavy atom. The Balaban J connectivity index is 2.68. The number of nitrogens with zero attached hydrogens (tertiary/aromatic N) is 1. The fourth-order valence-corrected chi connectivity index (χ4v) is 1.80. The van der Waals surface area contributed by atoms with Crippen LogP contribution in [-0.2, 0) is 0 Å². The molecule has 0 N–H and O–H groups in total. The Morgan fingerprint density at radius 2 is 2.20 bits per heavy atom. The van der Waals surface area contributed by atoms with Crippen LogP contribution in [0.4, 0.5) is 0 Å².